The third-order valence-electron chi connectivity index (χ3n) is 11.5. The molecule has 8 rings (SSSR count). The van der Waals surface area contributed by atoms with Crippen LogP contribution in [0.1, 0.15) is 61.6 Å². The molecule has 4 atom stereocenters. The first-order valence-corrected chi connectivity index (χ1v) is 18.8. The van der Waals surface area contributed by atoms with E-state index < -0.39 is 16.1 Å². The Morgan fingerprint density at radius 1 is 1.04 bits per heavy atom. The van der Waals surface area contributed by atoms with Gasteiger partial charge < -0.3 is 24.4 Å². The highest BCUT2D eigenvalue weighted by Crippen LogP contribution is 2.55. The quantitative estimate of drug-likeness (QED) is 0.484. The second-order valence-corrected chi connectivity index (χ2v) is 16.6. The number of hydrogen-bond donors (Lipinski definition) is 2. The molecule has 3 aliphatic carbocycles. The van der Waals surface area contributed by atoms with Crippen molar-refractivity contribution in [3.63, 3.8) is 0 Å². The number of carbonyl (C=O) groups excluding carboxylic acids is 2. The van der Waals surface area contributed by atoms with Crippen molar-refractivity contribution in [2.75, 3.05) is 54.4 Å². The number of carbonyl (C=O) groups is 2. The number of piperazine rings is 2. The predicted octanol–water partition coefficient (Wildman–Crippen LogP) is 3.01. The van der Waals surface area contributed by atoms with E-state index >= 15 is 0 Å². The Kier molecular flexibility index (Phi) is 7.85. The van der Waals surface area contributed by atoms with Crippen LogP contribution in [0.4, 0.5) is 0 Å². The van der Waals surface area contributed by atoms with Crippen LogP contribution in [0.15, 0.2) is 52.6 Å². The second kappa shape index (κ2) is 11.9. The molecule has 2 amide bonds. The highest BCUT2D eigenvalue weighted by atomic mass is 32.2. The Bertz CT molecular complexity index is 1880. The monoisotopic (exact) mass is 674 g/mol. The van der Waals surface area contributed by atoms with E-state index in [-0.39, 0.29) is 29.8 Å². The minimum Gasteiger partial charge on any atom is -0.496 e. The SMILES string of the molecule is COc1ccc(C2CCCCC2)c2c1cc1n2CC2=C(C(=O)NS(=O)(=O)N(C)C)C2=C2C=CC[C@@H](C(=O)N3CC4CN(C)CC(C3)N4)C21. The van der Waals surface area contributed by atoms with Gasteiger partial charge in [0.25, 0.3) is 5.91 Å². The van der Waals surface area contributed by atoms with Crippen LogP contribution < -0.4 is 14.8 Å². The highest BCUT2D eigenvalue weighted by molar-refractivity contribution is 7.87. The molecule has 2 N–H and O–H groups in total. The molecule has 0 radical (unpaired) electrons. The molecule has 2 saturated heterocycles. The lowest BCUT2D eigenvalue weighted by molar-refractivity contribution is -0.139. The van der Waals surface area contributed by atoms with Gasteiger partial charge in [0.1, 0.15) is 5.75 Å². The van der Waals surface area contributed by atoms with Gasteiger partial charge in [-0.05, 0) is 66.6 Å². The van der Waals surface area contributed by atoms with E-state index in [4.69, 9.17) is 4.74 Å². The van der Waals surface area contributed by atoms with Crippen molar-refractivity contribution >= 4 is 32.9 Å². The standard InChI is InChI=1S/C36H46N6O5S/c1-39(2)48(45,46)38-35(43)33-28-20-42-29(15-27-30(47-4)14-13-24(34(27)42)21-9-6-5-7-10-21)31-25(32(28)33)11-8-12-26(31)36(44)41-18-22-16-40(3)17-23(19-41)37-22/h8,11,13-15,21-23,26,31,37H,5-7,9-10,12,16-20H2,1-4H3,(H,38,43)/t22?,23?,26-,31?/m1/s1. The van der Waals surface area contributed by atoms with Crippen molar-refractivity contribution in [3.8, 4) is 5.75 Å². The number of rotatable bonds is 6. The number of fused-ring (bicyclic) bond motifs is 8. The zero-order valence-corrected chi connectivity index (χ0v) is 29.1. The maximum absolute atomic E-state index is 14.7. The molecule has 256 valence electrons. The summed E-state index contributed by atoms with van der Waals surface area (Å²) in [5.41, 5.74) is 6.46. The zero-order chi connectivity index (χ0) is 33.5. The highest BCUT2D eigenvalue weighted by Gasteiger charge is 2.49. The molecule has 48 heavy (non-hydrogen) atoms. The molecule has 0 spiro atoms. The molecule has 6 aliphatic rings. The van der Waals surface area contributed by atoms with Gasteiger partial charge in [0.2, 0.25) is 5.91 Å². The van der Waals surface area contributed by atoms with E-state index in [9.17, 15) is 18.0 Å². The van der Waals surface area contributed by atoms with E-state index in [1.807, 2.05) is 0 Å². The number of nitrogens with one attached hydrogen (secondary N) is 2. The van der Waals surface area contributed by atoms with Crippen LogP contribution in [0.3, 0.4) is 0 Å². The van der Waals surface area contributed by atoms with Crippen molar-refractivity contribution in [2.45, 2.75) is 69.0 Å². The number of likely N-dealkylation sites (N-methyl/N-ethyl adjacent to an activating group) is 1. The molecule has 3 unspecified atom stereocenters. The Balaban J connectivity index is 1.27. The smallest absolute Gasteiger partial charge is 0.303 e. The Morgan fingerprint density at radius 2 is 1.77 bits per heavy atom. The number of hydrogen-bond acceptors (Lipinski definition) is 7. The number of allylic oxidation sites excluding steroid dienone is 4. The van der Waals surface area contributed by atoms with E-state index in [1.165, 1.54) is 38.9 Å². The summed E-state index contributed by atoms with van der Waals surface area (Å²) in [7, 11) is 2.66. The Morgan fingerprint density at radius 3 is 2.46 bits per heavy atom. The molecular weight excluding hydrogens is 628 g/mol. The van der Waals surface area contributed by atoms with Crippen molar-refractivity contribution in [3.05, 3.63) is 63.9 Å². The average molecular weight is 675 g/mol. The summed E-state index contributed by atoms with van der Waals surface area (Å²) in [5, 5.41) is 4.73. The molecule has 11 nitrogen and oxygen atoms in total. The zero-order valence-electron chi connectivity index (χ0n) is 28.3. The van der Waals surface area contributed by atoms with Gasteiger partial charge in [-0.15, -0.1) is 0 Å². The van der Waals surface area contributed by atoms with Gasteiger partial charge in [-0.3, -0.25) is 9.59 Å². The summed E-state index contributed by atoms with van der Waals surface area (Å²) in [5.74, 6) is 0.0972. The predicted molar refractivity (Wildman–Crippen MR) is 184 cm³/mol. The van der Waals surface area contributed by atoms with Gasteiger partial charge >= 0.3 is 10.2 Å². The summed E-state index contributed by atoms with van der Waals surface area (Å²) >= 11 is 0. The molecule has 3 fully saturated rings. The number of ether oxygens (including phenoxy) is 1. The molecule has 3 aliphatic heterocycles. The minimum atomic E-state index is -3.98. The minimum absolute atomic E-state index is 0.144. The van der Waals surface area contributed by atoms with Crippen molar-refractivity contribution in [1.82, 2.24) is 28.7 Å². The van der Waals surface area contributed by atoms with Crippen LogP contribution >= 0.6 is 0 Å². The van der Waals surface area contributed by atoms with E-state index in [1.54, 1.807) is 7.11 Å². The molecule has 2 bridgehead atoms. The Labute approximate surface area is 282 Å². The molecule has 2 aromatic rings. The van der Waals surface area contributed by atoms with Crippen LogP contribution in [0.5, 0.6) is 5.75 Å². The van der Waals surface area contributed by atoms with Gasteiger partial charge in [0, 0.05) is 75.9 Å². The molecule has 1 saturated carbocycles. The largest absolute Gasteiger partial charge is 0.496 e. The summed E-state index contributed by atoms with van der Waals surface area (Å²) in [6.07, 6.45) is 10.6. The Hall–Kier alpha value is -3.45. The van der Waals surface area contributed by atoms with Crippen LogP contribution in [0, 0.1) is 5.92 Å². The molecular formula is C36H46N6O5S. The lowest BCUT2D eigenvalue weighted by atomic mass is 9.75. The van der Waals surface area contributed by atoms with Gasteiger partial charge in [-0.2, -0.15) is 12.7 Å². The fourth-order valence-corrected chi connectivity index (χ4v) is 9.79. The average Bonchev–Trinajstić information content (AvgIpc) is 3.69. The topological polar surface area (TPSA) is 116 Å². The molecule has 1 aromatic heterocycles. The number of nitrogens with zero attached hydrogens (tertiary/aromatic N) is 4. The number of benzene rings is 1. The first kappa shape index (κ1) is 31.8. The second-order valence-electron chi connectivity index (χ2n) is 14.8. The van der Waals surface area contributed by atoms with Crippen LogP contribution in [0.25, 0.3) is 10.9 Å². The molecule has 4 heterocycles. The summed E-state index contributed by atoms with van der Waals surface area (Å²) in [4.78, 5) is 32.8. The first-order chi connectivity index (χ1) is 23.1. The van der Waals surface area contributed by atoms with Crippen LogP contribution in [-0.4, -0.2) is 105 Å². The van der Waals surface area contributed by atoms with Gasteiger partial charge in [-0.25, -0.2) is 4.72 Å². The maximum Gasteiger partial charge on any atom is 0.303 e. The van der Waals surface area contributed by atoms with E-state index in [2.05, 4.69) is 61.8 Å². The molecule has 1 aromatic carbocycles. The first-order valence-electron chi connectivity index (χ1n) is 17.4. The van der Waals surface area contributed by atoms with E-state index in [0.717, 1.165) is 69.3 Å². The van der Waals surface area contributed by atoms with Gasteiger partial charge in [-0.1, -0.05) is 37.5 Å². The fourth-order valence-electron chi connectivity index (χ4n) is 9.28. The maximum atomic E-state index is 14.7. The summed E-state index contributed by atoms with van der Waals surface area (Å²) in [6, 6.07) is 6.99. The van der Waals surface area contributed by atoms with Crippen molar-refractivity contribution in [1.29, 1.82) is 0 Å². The normalized spacial score (nSPS) is 27.5. The molecule has 12 heteroatoms. The number of aromatic nitrogens is 1. The van der Waals surface area contributed by atoms with Gasteiger partial charge in [0.15, 0.2) is 0 Å². The van der Waals surface area contributed by atoms with Crippen molar-refractivity contribution < 1.29 is 22.7 Å². The third-order valence-corrected chi connectivity index (χ3v) is 12.9. The lowest BCUT2D eigenvalue weighted by Gasteiger charge is -2.47. The van der Waals surface area contributed by atoms with E-state index in [0.29, 0.717) is 37.5 Å². The summed E-state index contributed by atoms with van der Waals surface area (Å²) in [6.45, 7) is 3.58. The van der Waals surface area contributed by atoms with Crippen LogP contribution in [0.2, 0.25) is 0 Å². The van der Waals surface area contributed by atoms with Gasteiger partial charge in [0.05, 0.1) is 24.1 Å². The number of amides is 2. The lowest BCUT2D eigenvalue weighted by Crippen LogP contribution is -2.67. The third kappa shape index (κ3) is 5.23. The summed E-state index contributed by atoms with van der Waals surface area (Å²) < 4.78 is 37.0. The number of methoxy groups -OCH3 is 1. The van der Waals surface area contributed by atoms with Crippen molar-refractivity contribution in [2.24, 2.45) is 5.92 Å². The fraction of sp³-hybridized carbons (Fsp3) is 0.556. The van der Waals surface area contributed by atoms with Crippen LogP contribution in [-0.2, 0) is 26.3 Å².